The van der Waals surface area contributed by atoms with Crippen molar-refractivity contribution in [2.24, 2.45) is 0 Å². The molecule has 2 aromatic heterocycles. The number of carboxylic acids is 1. The number of anilines is 1. The molecule has 0 fully saturated rings. The lowest BCUT2D eigenvalue weighted by Crippen LogP contribution is -2.14. The summed E-state index contributed by atoms with van der Waals surface area (Å²) in [6.45, 7) is 1.93. The molecule has 104 valence electrons. The predicted octanol–water partition coefficient (Wildman–Crippen LogP) is 3.42. The van der Waals surface area contributed by atoms with Crippen molar-refractivity contribution in [1.29, 1.82) is 0 Å². The van der Waals surface area contributed by atoms with Crippen LogP contribution in [-0.4, -0.2) is 22.0 Å². The van der Waals surface area contributed by atoms with Gasteiger partial charge in [-0.1, -0.05) is 6.92 Å². The number of carboxylic acid groups (broad SMARTS) is 1. The molecule has 0 atom stereocenters. The highest BCUT2D eigenvalue weighted by atomic mass is 79.9. The number of nitrogens with zero attached hydrogens (tertiary/aromatic N) is 1. The average molecular weight is 355 g/mol. The van der Waals surface area contributed by atoms with Crippen molar-refractivity contribution in [2.45, 2.75) is 13.3 Å². The molecule has 0 spiro atoms. The van der Waals surface area contributed by atoms with Gasteiger partial charge in [-0.3, -0.25) is 4.79 Å². The van der Waals surface area contributed by atoms with Crippen molar-refractivity contribution in [2.75, 3.05) is 5.32 Å². The number of nitrogens with one attached hydrogen (secondary N) is 1. The van der Waals surface area contributed by atoms with E-state index >= 15 is 0 Å². The van der Waals surface area contributed by atoms with E-state index in [1.54, 1.807) is 24.4 Å². The third-order valence-corrected chi connectivity index (χ3v) is 4.42. The van der Waals surface area contributed by atoms with E-state index in [1.807, 2.05) is 6.92 Å². The Bertz CT molecular complexity index is 669. The molecule has 20 heavy (non-hydrogen) atoms. The number of hydrogen-bond donors (Lipinski definition) is 2. The second-order valence-electron chi connectivity index (χ2n) is 3.91. The first-order valence-electron chi connectivity index (χ1n) is 5.80. The molecule has 0 saturated carbocycles. The predicted molar refractivity (Wildman–Crippen MR) is 80.5 cm³/mol. The van der Waals surface area contributed by atoms with Crippen molar-refractivity contribution in [3.8, 4) is 0 Å². The molecule has 0 aliphatic carbocycles. The number of aromatic nitrogens is 1. The number of thiophene rings is 1. The van der Waals surface area contributed by atoms with Gasteiger partial charge in [-0.15, -0.1) is 11.3 Å². The fourth-order valence-corrected chi connectivity index (χ4v) is 3.01. The summed E-state index contributed by atoms with van der Waals surface area (Å²) in [4.78, 5) is 28.2. The maximum atomic E-state index is 12.1. The lowest BCUT2D eigenvalue weighted by atomic mass is 10.2. The highest BCUT2D eigenvalue weighted by Gasteiger charge is 2.18. The van der Waals surface area contributed by atoms with Crippen LogP contribution in [0.4, 0.5) is 5.00 Å². The molecule has 0 unspecified atom stereocenters. The lowest BCUT2D eigenvalue weighted by molar-refractivity contribution is 0.0698. The number of pyridine rings is 1. The third-order valence-electron chi connectivity index (χ3n) is 2.59. The molecule has 2 aromatic rings. The van der Waals surface area contributed by atoms with E-state index in [-0.39, 0.29) is 5.56 Å². The molecule has 0 radical (unpaired) electrons. The number of carbonyl (C=O) groups excluding carboxylic acids is 1. The number of aryl methyl sites for hydroxylation is 1. The van der Waals surface area contributed by atoms with Gasteiger partial charge in [0.05, 0.1) is 11.1 Å². The Balaban J connectivity index is 2.30. The Labute approximate surface area is 127 Å². The van der Waals surface area contributed by atoms with Crippen molar-refractivity contribution in [3.63, 3.8) is 0 Å². The van der Waals surface area contributed by atoms with Crippen LogP contribution < -0.4 is 5.32 Å². The van der Waals surface area contributed by atoms with Crippen LogP contribution >= 0.6 is 27.3 Å². The Morgan fingerprint density at radius 3 is 2.80 bits per heavy atom. The zero-order valence-electron chi connectivity index (χ0n) is 10.5. The quantitative estimate of drug-likeness (QED) is 0.824. The molecule has 5 nitrogen and oxygen atoms in total. The van der Waals surface area contributed by atoms with Gasteiger partial charge in [0.2, 0.25) is 0 Å². The fourth-order valence-electron chi connectivity index (χ4n) is 1.59. The van der Waals surface area contributed by atoms with Crippen LogP contribution in [0.2, 0.25) is 0 Å². The zero-order chi connectivity index (χ0) is 14.7. The minimum atomic E-state index is -1.05. The summed E-state index contributed by atoms with van der Waals surface area (Å²) in [5.74, 6) is -1.45. The maximum absolute atomic E-state index is 12.1. The first kappa shape index (κ1) is 14.7. The Hall–Kier alpha value is -1.73. The number of amides is 1. The Kier molecular flexibility index (Phi) is 4.51. The van der Waals surface area contributed by atoms with Gasteiger partial charge in [-0.25, -0.2) is 9.78 Å². The van der Waals surface area contributed by atoms with Crippen LogP contribution in [0.1, 0.15) is 32.5 Å². The second kappa shape index (κ2) is 6.15. The van der Waals surface area contributed by atoms with Crippen molar-refractivity contribution >= 4 is 44.1 Å². The van der Waals surface area contributed by atoms with E-state index in [2.05, 4.69) is 26.2 Å². The Morgan fingerprint density at radius 2 is 2.20 bits per heavy atom. The number of halogens is 1. The summed E-state index contributed by atoms with van der Waals surface area (Å²) < 4.78 is 0.418. The van der Waals surface area contributed by atoms with Crippen molar-refractivity contribution in [3.05, 3.63) is 45.0 Å². The van der Waals surface area contributed by atoms with Gasteiger partial charge < -0.3 is 10.4 Å². The summed E-state index contributed by atoms with van der Waals surface area (Å²) in [7, 11) is 0. The van der Waals surface area contributed by atoms with Gasteiger partial charge in [-0.05, 0) is 40.5 Å². The number of hydrogen-bond acceptors (Lipinski definition) is 4. The zero-order valence-corrected chi connectivity index (χ0v) is 12.9. The van der Waals surface area contributed by atoms with Crippen LogP contribution in [-0.2, 0) is 6.42 Å². The molecule has 0 saturated heterocycles. The van der Waals surface area contributed by atoms with Gasteiger partial charge in [0.1, 0.15) is 9.60 Å². The first-order valence-corrected chi connectivity index (χ1v) is 7.41. The van der Waals surface area contributed by atoms with Gasteiger partial charge in [0.25, 0.3) is 5.91 Å². The monoisotopic (exact) mass is 354 g/mol. The minimum Gasteiger partial charge on any atom is -0.478 e. The van der Waals surface area contributed by atoms with Crippen LogP contribution in [0.25, 0.3) is 0 Å². The molecule has 0 bridgehead atoms. The molecule has 2 rings (SSSR count). The van der Waals surface area contributed by atoms with Gasteiger partial charge >= 0.3 is 5.97 Å². The van der Waals surface area contributed by atoms with Gasteiger partial charge in [0, 0.05) is 11.1 Å². The molecular weight excluding hydrogens is 344 g/mol. The summed E-state index contributed by atoms with van der Waals surface area (Å²) in [5, 5.41) is 12.1. The normalized spacial score (nSPS) is 10.3. The summed E-state index contributed by atoms with van der Waals surface area (Å²) in [5.41, 5.74) is 0.468. The minimum absolute atomic E-state index is 0.111. The van der Waals surface area contributed by atoms with Crippen LogP contribution in [0.15, 0.2) is 29.0 Å². The summed E-state index contributed by atoms with van der Waals surface area (Å²) >= 11 is 4.46. The lowest BCUT2D eigenvalue weighted by Gasteiger charge is -2.05. The van der Waals surface area contributed by atoms with Crippen LogP contribution in [0.5, 0.6) is 0 Å². The second-order valence-corrected chi connectivity index (χ2v) is 5.80. The largest absolute Gasteiger partial charge is 0.478 e. The van der Waals surface area contributed by atoms with Gasteiger partial charge in [-0.2, -0.15) is 0 Å². The summed E-state index contributed by atoms with van der Waals surface area (Å²) in [6.07, 6.45) is 2.28. The highest BCUT2D eigenvalue weighted by Crippen LogP contribution is 2.29. The van der Waals surface area contributed by atoms with E-state index in [9.17, 15) is 9.59 Å². The Morgan fingerprint density at radius 1 is 1.45 bits per heavy atom. The third kappa shape index (κ3) is 3.05. The molecule has 0 aliphatic rings. The number of carbonyl (C=O) groups is 2. The number of aromatic carboxylic acids is 1. The van der Waals surface area contributed by atoms with Gasteiger partial charge in [0.15, 0.2) is 0 Å². The molecule has 2 heterocycles. The van der Waals surface area contributed by atoms with E-state index in [0.717, 1.165) is 11.3 Å². The highest BCUT2D eigenvalue weighted by molar-refractivity contribution is 9.10. The molecular formula is C13H11BrN2O3S. The molecule has 0 aromatic carbocycles. The molecule has 0 aliphatic heterocycles. The maximum Gasteiger partial charge on any atom is 0.338 e. The fraction of sp³-hybridized carbons (Fsp3) is 0.154. The molecule has 1 amide bonds. The topological polar surface area (TPSA) is 79.3 Å². The van der Waals surface area contributed by atoms with E-state index < -0.39 is 11.9 Å². The molecule has 2 N–H and O–H groups in total. The summed E-state index contributed by atoms with van der Waals surface area (Å²) in [6, 6.07) is 4.84. The average Bonchev–Trinajstić information content (AvgIpc) is 2.82. The van der Waals surface area contributed by atoms with Crippen LogP contribution in [0.3, 0.4) is 0 Å². The first-order chi connectivity index (χ1) is 9.52. The smallest absolute Gasteiger partial charge is 0.338 e. The van der Waals surface area contributed by atoms with Crippen LogP contribution in [0, 0.1) is 0 Å². The van der Waals surface area contributed by atoms with Crippen molar-refractivity contribution in [1.82, 2.24) is 4.98 Å². The molecule has 7 heteroatoms. The van der Waals surface area contributed by atoms with Crippen molar-refractivity contribution < 1.29 is 14.7 Å². The van der Waals surface area contributed by atoms with E-state index in [0.29, 0.717) is 15.2 Å². The standard InChI is InChI=1S/C13H11BrN2O3S/c1-2-7-6-9(13(18)19)12(20-7)16-11(17)8-4-3-5-15-10(8)14/h3-6H,2H2,1H3,(H,16,17)(H,18,19). The number of rotatable bonds is 4. The van der Waals surface area contributed by atoms with E-state index in [4.69, 9.17) is 5.11 Å². The van der Waals surface area contributed by atoms with E-state index in [1.165, 1.54) is 11.3 Å². The SMILES string of the molecule is CCc1cc(C(=O)O)c(NC(=O)c2cccnc2Br)s1.